The monoisotopic (exact) mass is 259 g/mol. The van der Waals surface area contributed by atoms with Crippen LogP contribution < -0.4 is 5.32 Å². The van der Waals surface area contributed by atoms with Gasteiger partial charge in [0.15, 0.2) is 0 Å². The first-order valence-electron chi connectivity index (χ1n) is 5.92. The number of carboxylic acids is 1. The number of benzene rings is 2. The van der Waals surface area contributed by atoms with Crippen LogP contribution in [0.15, 0.2) is 48.5 Å². The molecule has 0 radical (unpaired) electrons. The number of nitrogens with one attached hydrogen (secondary N) is 1. The molecule has 1 atom stereocenters. The third-order valence-corrected chi connectivity index (χ3v) is 2.89. The number of rotatable bonds is 4. The van der Waals surface area contributed by atoms with E-state index in [1.165, 1.54) is 12.1 Å². The van der Waals surface area contributed by atoms with Crippen molar-refractivity contribution in [1.29, 1.82) is 0 Å². The van der Waals surface area contributed by atoms with Crippen LogP contribution in [0.4, 0.5) is 10.1 Å². The first-order chi connectivity index (χ1) is 9.08. The van der Waals surface area contributed by atoms with Crippen LogP contribution in [0.5, 0.6) is 0 Å². The van der Waals surface area contributed by atoms with E-state index in [2.05, 4.69) is 5.32 Å². The highest BCUT2D eigenvalue weighted by molar-refractivity contribution is 5.88. The molecule has 2 rings (SSSR count). The molecule has 0 aliphatic rings. The van der Waals surface area contributed by atoms with E-state index in [0.29, 0.717) is 5.69 Å². The summed E-state index contributed by atoms with van der Waals surface area (Å²) in [6.45, 7) is 1.92. The second kappa shape index (κ2) is 5.52. The van der Waals surface area contributed by atoms with Gasteiger partial charge in [-0.15, -0.1) is 0 Å². The van der Waals surface area contributed by atoms with Crippen LogP contribution in [-0.2, 0) is 0 Å². The van der Waals surface area contributed by atoms with Crippen LogP contribution in [0.25, 0.3) is 0 Å². The lowest BCUT2D eigenvalue weighted by molar-refractivity contribution is 0.0696. The first kappa shape index (κ1) is 13.1. The van der Waals surface area contributed by atoms with Gasteiger partial charge in [-0.2, -0.15) is 0 Å². The summed E-state index contributed by atoms with van der Waals surface area (Å²) in [4.78, 5) is 10.7. The Hall–Kier alpha value is -2.36. The van der Waals surface area contributed by atoms with E-state index < -0.39 is 11.8 Å². The Morgan fingerprint density at radius 1 is 1.21 bits per heavy atom. The fraction of sp³-hybridized carbons (Fsp3) is 0.133. The van der Waals surface area contributed by atoms with Crippen LogP contribution in [0.3, 0.4) is 0 Å². The van der Waals surface area contributed by atoms with Crippen LogP contribution >= 0.6 is 0 Å². The zero-order chi connectivity index (χ0) is 13.8. The zero-order valence-electron chi connectivity index (χ0n) is 10.4. The molecule has 0 saturated heterocycles. The molecule has 4 heteroatoms. The lowest BCUT2D eigenvalue weighted by Crippen LogP contribution is -2.08. The number of halogens is 1. The Morgan fingerprint density at radius 2 is 1.89 bits per heavy atom. The van der Waals surface area contributed by atoms with Gasteiger partial charge in [0.05, 0.1) is 11.3 Å². The molecule has 3 nitrogen and oxygen atoms in total. The number of anilines is 1. The Kier molecular flexibility index (Phi) is 3.80. The van der Waals surface area contributed by atoms with Gasteiger partial charge in [0.1, 0.15) is 5.82 Å². The number of carboxylic acid groups (broad SMARTS) is 1. The van der Waals surface area contributed by atoms with Crippen LogP contribution in [0, 0.1) is 5.82 Å². The number of hydrogen-bond donors (Lipinski definition) is 2. The fourth-order valence-electron chi connectivity index (χ4n) is 1.82. The molecule has 0 heterocycles. The van der Waals surface area contributed by atoms with Gasteiger partial charge in [-0.05, 0) is 30.7 Å². The van der Waals surface area contributed by atoms with Crippen LogP contribution in [0.1, 0.15) is 28.9 Å². The van der Waals surface area contributed by atoms with Crippen molar-refractivity contribution in [3.8, 4) is 0 Å². The van der Waals surface area contributed by atoms with Gasteiger partial charge in [0.2, 0.25) is 0 Å². The summed E-state index contributed by atoms with van der Waals surface area (Å²) in [6, 6.07) is 13.4. The average Bonchev–Trinajstić information content (AvgIpc) is 2.41. The van der Waals surface area contributed by atoms with E-state index in [1.54, 1.807) is 0 Å². The molecule has 0 fully saturated rings. The van der Waals surface area contributed by atoms with E-state index >= 15 is 0 Å². The minimum atomic E-state index is -1.14. The highest BCUT2D eigenvalue weighted by Gasteiger charge is 2.11. The van der Waals surface area contributed by atoms with Crippen molar-refractivity contribution in [2.45, 2.75) is 13.0 Å². The predicted molar refractivity (Wildman–Crippen MR) is 71.8 cm³/mol. The molecule has 0 bridgehead atoms. The molecule has 0 saturated carbocycles. The van der Waals surface area contributed by atoms with Crippen molar-refractivity contribution in [2.24, 2.45) is 0 Å². The van der Waals surface area contributed by atoms with Gasteiger partial charge >= 0.3 is 5.97 Å². The maximum absolute atomic E-state index is 13.8. The zero-order valence-corrected chi connectivity index (χ0v) is 10.4. The van der Waals surface area contributed by atoms with E-state index in [4.69, 9.17) is 5.11 Å². The van der Waals surface area contributed by atoms with Gasteiger partial charge in [0, 0.05) is 6.04 Å². The summed E-state index contributed by atoms with van der Waals surface area (Å²) in [7, 11) is 0. The van der Waals surface area contributed by atoms with Gasteiger partial charge in [0.25, 0.3) is 0 Å². The van der Waals surface area contributed by atoms with Gasteiger partial charge in [-0.25, -0.2) is 9.18 Å². The summed E-state index contributed by atoms with van der Waals surface area (Å²) < 4.78 is 13.8. The SMILES string of the molecule is CC(Nc1ccc(C(=O)O)cc1F)c1ccccc1. The molecule has 2 aromatic rings. The van der Waals surface area contributed by atoms with Crippen molar-refractivity contribution in [2.75, 3.05) is 5.32 Å². The van der Waals surface area contributed by atoms with Gasteiger partial charge in [-0.1, -0.05) is 30.3 Å². The Morgan fingerprint density at radius 3 is 2.47 bits per heavy atom. The molecule has 98 valence electrons. The minimum absolute atomic E-state index is 0.0598. The molecule has 2 aromatic carbocycles. The molecule has 0 spiro atoms. The third kappa shape index (κ3) is 3.10. The van der Waals surface area contributed by atoms with Crippen molar-refractivity contribution >= 4 is 11.7 Å². The van der Waals surface area contributed by atoms with E-state index in [0.717, 1.165) is 11.6 Å². The maximum Gasteiger partial charge on any atom is 0.335 e. The molecule has 0 aliphatic heterocycles. The average molecular weight is 259 g/mol. The molecular formula is C15H14FNO2. The molecule has 1 unspecified atom stereocenters. The Bertz CT molecular complexity index is 584. The summed E-state index contributed by atoms with van der Waals surface area (Å²) in [5.41, 5.74) is 1.26. The highest BCUT2D eigenvalue weighted by Crippen LogP contribution is 2.22. The third-order valence-electron chi connectivity index (χ3n) is 2.89. The quantitative estimate of drug-likeness (QED) is 0.880. The number of hydrogen-bond acceptors (Lipinski definition) is 2. The van der Waals surface area contributed by atoms with Gasteiger partial charge < -0.3 is 10.4 Å². The van der Waals surface area contributed by atoms with E-state index in [9.17, 15) is 9.18 Å². The lowest BCUT2D eigenvalue weighted by atomic mass is 10.1. The molecule has 19 heavy (non-hydrogen) atoms. The maximum atomic E-state index is 13.8. The summed E-state index contributed by atoms with van der Waals surface area (Å²) in [5, 5.41) is 11.8. The molecule has 0 aliphatic carbocycles. The first-order valence-corrected chi connectivity index (χ1v) is 5.92. The van der Waals surface area contributed by atoms with Gasteiger partial charge in [-0.3, -0.25) is 0 Å². The van der Waals surface area contributed by atoms with E-state index in [1.807, 2.05) is 37.3 Å². The summed E-state index contributed by atoms with van der Waals surface area (Å²) in [6.07, 6.45) is 0. The lowest BCUT2D eigenvalue weighted by Gasteiger charge is -2.16. The standard InChI is InChI=1S/C15H14FNO2/c1-10(11-5-3-2-4-6-11)17-14-8-7-12(15(18)19)9-13(14)16/h2-10,17H,1H3,(H,18,19). The Balaban J connectivity index is 2.18. The minimum Gasteiger partial charge on any atom is -0.478 e. The molecule has 0 amide bonds. The number of aromatic carboxylic acids is 1. The highest BCUT2D eigenvalue weighted by atomic mass is 19.1. The second-order valence-electron chi connectivity index (χ2n) is 4.28. The molecule has 0 aromatic heterocycles. The number of carbonyl (C=O) groups is 1. The van der Waals surface area contributed by atoms with Crippen LogP contribution in [0.2, 0.25) is 0 Å². The van der Waals surface area contributed by atoms with E-state index in [-0.39, 0.29) is 11.6 Å². The predicted octanol–water partition coefficient (Wildman–Crippen LogP) is 3.70. The smallest absolute Gasteiger partial charge is 0.335 e. The summed E-state index contributed by atoms with van der Waals surface area (Å²) in [5.74, 6) is -1.70. The van der Waals surface area contributed by atoms with Crippen molar-refractivity contribution < 1.29 is 14.3 Å². The largest absolute Gasteiger partial charge is 0.478 e. The fourth-order valence-corrected chi connectivity index (χ4v) is 1.82. The van der Waals surface area contributed by atoms with Crippen molar-refractivity contribution in [3.05, 3.63) is 65.5 Å². The van der Waals surface area contributed by atoms with Crippen LogP contribution in [-0.4, -0.2) is 11.1 Å². The van der Waals surface area contributed by atoms with Crippen molar-refractivity contribution in [3.63, 3.8) is 0 Å². The molecule has 2 N–H and O–H groups in total. The van der Waals surface area contributed by atoms with Crippen molar-refractivity contribution in [1.82, 2.24) is 0 Å². The second-order valence-corrected chi connectivity index (χ2v) is 4.28. The Labute approximate surface area is 110 Å². The molecular weight excluding hydrogens is 245 g/mol. The normalized spacial score (nSPS) is 11.9. The summed E-state index contributed by atoms with van der Waals surface area (Å²) >= 11 is 0. The topological polar surface area (TPSA) is 49.3 Å².